The minimum absolute atomic E-state index is 0.504. The highest BCUT2D eigenvalue weighted by atomic mass is 16.1. The molecule has 0 heterocycles. The summed E-state index contributed by atoms with van der Waals surface area (Å²) in [5.41, 5.74) is 0. The van der Waals surface area contributed by atoms with Crippen LogP contribution < -0.4 is 0 Å². The second-order valence-corrected chi connectivity index (χ2v) is 4.42. The third kappa shape index (κ3) is 1.70. The molecule has 2 aliphatic rings. The molecule has 0 atom stereocenters. The van der Waals surface area contributed by atoms with Crippen molar-refractivity contribution in [2.45, 2.75) is 51.4 Å². The Morgan fingerprint density at radius 1 is 0.833 bits per heavy atom. The summed E-state index contributed by atoms with van der Waals surface area (Å²) in [6.07, 6.45) is 9.91. The van der Waals surface area contributed by atoms with Gasteiger partial charge in [-0.3, -0.25) is 4.79 Å². The lowest BCUT2D eigenvalue weighted by Gasteiger charge is -2.26. The van der Waals surface area contributed by atoms with Crippen LogP contribution in [0.4, 0.5) is 0 Å². The molecule has 0 unspecified atom stereocenters. The number of hydrogen-bond donors (Lipinski definition) is 0. The van der Waals surface area contributed by atoms with E-state index in [-0.39, 0.29) is 0 Å². The fraction of sp³-hybridized carbons (Fsp3) is 0.909. The highest BCUT2D eigenvalue weighted by molar-refractivity contribution is 5.79. The third-order valence-corrected chi connectivity index (χ3v) is 3.65. The summed E-state index contributed by atoms with van der Waals surface area (Å²) in [5.74, 6) is 2.40. The van der Waals surface area contributed by atoms with Crippen LogP contribution in [0.3, 0.4) is 0 Å². The maximum absolute atomic E-state index is 11.0. The van der Waals surface area contributed by atoms with Gasteiger partial charge < -0.3 is 0 Å². The van der Waals surface area contributed by atoms with Crippen LogP contribution in [0.25, 0.3) is 0 Å². The molecule has 0 aromatic heterocycles. The first-order chi connectivity index (χ1) is 5.86. The van der Waals surface area contributed by atoms with Gasteiger partial charge >= 0.3 is 0 Å². The Hall–Kier alpha value is -0.330. The molecule has 0 spiro atoms. The van der Waals surface area contributed by atoms with Gasteiger partial charge in [-0.2, -0.15) is 0 Å². The van der Waals surface area contributed by atoms with Gasteiger partial charge in [0.1, 0.15) is 5.78 Å². The maximum atomic E-state index is 11.0. The molecule has 0 amide bonds. The van der Waals surface area contributed by atoms with E-state index in [0.29, 0.717) is 5.78 Å². The number of Topliss-reactive ketones (excluding diaryl/α,β-unsaturated/α-hetero) is 1. The minimum Gasteiger partial charge on any atom is -0.300 e. The van der Waals surface area contributed by atoms with Gasteiger partial charge in [-0.1, -0.05) is 25.7 Å². The molecule has 0 aliphatic heterocycles. The van der Waals surface area contributed by atoms with Crippen molar-refractivity contribution in [3.8, 4) is 0 Å². The summed E-state index contributed by atoms with van der Waals surface area (Å²) in [4.78, 5) is 11.0. The summed E-state index contributed by atoms with van der Waals surface area (Å²) >= 11 is 0. The Labute approximate surface area is 74.5 Å². The molecule has 2 fully saturated rings. The SMILES string of the molecule is O=C1CCC(C2CCCC2)CC1. The van der Waals surface area contributed by atoms with Crippen LogP contribution in [-0.4, -0.2) is 5.78 Å². The maximum Gasteiger partial charge on any atom is 0.132 e. The molecule has 1 nitrogen and oxygen atoms in total. The Morgan fingerprint density at radius 3 is 1.92 bits per heavy atom. The van der Waals surface area contributed by atoms with Crippen molar-refractivity contribution in [3.05, 3.63) is 0 Å². The van der Waals surface area contributed by atoms with Gasteiger partial charge in [-0.05, 0) is 24.7 Å². The molecule has 68 valence electrons. The highest BCUT2D eigenvalue weighted by Gasteiger charge is 2.28. The molecule has 0 aromatic rings. The number of rotatable bonds is 1. The van der Waals surface area contributed by atoms with E-state index in [2.05, 4.69) is 0 Å². The molecule has 0 N–H and O–H groups in total. The van der Waals surface area contributed by atoms with E-state index in [4.69, 9.17) is 0 Å². The standard InChI is InChI=1S/C11H18O/c12-11-7-5-10(6-8-11)9-3-1-2-4-9/h9-10H,1-8H2. The second kappa shape index (κ2) is 3.59. The summed E-state index contributed by atoms with van der Waals surface area (Å²) in [5, 5.41) is 0. The van der Waals surface area contributed by atoms with E-state index in [9.17, 15) is 4.79 Å². The number of carbonyl (C=O) groups is 1. The van der Waals surface area contributed by atoms with E-state index in [1.807, 2.05) is 0 Å². The molecule has 12 heavy (non-hydrogen) atoms. The van der Waals surface area contributed by atoms with Crippen molar-refractivity contribution >= 4 is 5.78 Å². The van der Waals surface area contributed by atoms with E-state index in [1.54, 1.807) is 0 Å². The van der Waals surface area contributed by atoms with Crippen molar-refractivity contribution in [1.29, 1.82) is 0 Å². The Kier molecular flexibility index (Phi) is 2.48. The van der Waals surface area contributed by atoms with Crippen LogP contribution in [0.2, 0.25) is 0 Å². The van der Waals surface area contributed by atoms with Crippen LogP contribution in [0.5, 0.6) is 0 Å². The Bertz CT molecular complexity index is 158. The van der Waals surface area contributed by atoms with Gasteiger partial charge in [0.05, 0.1) is 0 Å². The number of ketones is 1. The van der Waals surface area contributed by atoms with E-state index in [0.717, 1.165) is 24.7 Å². The normalized spacial score (nSPS) is 28.2. The number of hydrogen-bond acceptors (Lipinski definition) is 1. The van der Waals surface area contributed by atoms with Crippen molar-refractivity contribution < 1.29 is 4.79 Å². The lowest BCUT2D eigenvalue weighted by Crippen LogP contribution is -2.19. The smallest absolute Gasteiger partial charge is 0.132 e. The fourth-order valence-electron chi connectivity index (χ4n) is 2.86. The summed E-state index contributed by atoms with van der Waals surface area (Å²) in [7, 11) is 0. The fourth-order valence-corrected chi connectivity index (χ4v) is 2.86. The van der Waals surface area contributed by atoms with Gasteiger partial charge in [0, 0.05) is 12.8 Å². The molecular formula is C11H18O. The summed E-state index contributed by atoms with van der Waals surface area (Å²) < 4.78 is 0. The second-order valence-electron chi connectivity index (χ2n) is 4.42. The zero-order valence-corrected chi connectivity index (χ0v) is 7.72. The average molecular weight is 166 g/mol. The quantitative estimate of drug-likeness (QED) is 0.585. The molecule has 2 saturated carbocycles. The molecule has 1 heteroatoms. The molecule has 2 rings (SSSR count). The van der Waals surface area contributed by atoms with Crippen LogP contribution in [0, 0.1) is 11.8 Å². The van der Waals surface area contributed by atoms with Crippen molar-refractivity contribution in [1.82, 2.24) is 0 Å². The van der Waals surface area contributed by atoms with Crippen LogP contribution in [-0.2, 0) is 4.79 Å². The molecule has 0 saturated heterocycles. The van der Waals surface area contributed by atoms with E-state index >= 15 is 0 Å². The predicted molar refractivity (Wildman–Crippen MR) is 48.9 cm³/mol. The average Bonchev–Trinajstić information content (AvgIpc) is 2.58. The van der Waals surface area contributed by atoms with Gasteiger partial charge in [0.25, 0.3) is 0 Å². The van der Waals surface area contributed by atoms with Crippen LogP contribution >= 0.6 is 0 Å². The van der Waals surface area contributed by atoms with Crippen molar-refractivity contribution in [2.24, 2.45) is 11.8 Å². The first-order valence-corrected chi connectivity index (χ1v) is 5.38. The van der Waals surface area contributed by atoms with Gasteiger partial charge in [0.2, 0.25) is 0 Å². The predicted octanol–water partition coefficient (Wildman–Crippen LogP) is 2.94. The molecule has 2 aliphatic carbocycles. The largest absolute Gasteiger partial charge is 0.300 e. The van der Waals surface area contributed by atoms with E-state index in [1.165, 1.54) is 38.5 Å². The van der Waals surface area contributed by atoms with E-state index < -0.39 is 0 Å². The lowest BCUT2D eigenvalue weighted by atomic mass is 9.79. The monoisotopic (exact) mass is 166 g/mol. The number of carbonyl (C=O) groups excluding carboxylic acids is 1. The van der Waals surface area contributed by atoms with Crippen LogP contribution in [0.15, 0.2) is 0 Å². The van der Waals surface area contributed by atoms with Crippen molar-refractivity contribution in [2.75, 3.05) is 0 Å². The van der Waals surface area contributed by atoms with Gasteiger partial charge in [-0.15, -0.1) is 0 Å². The zero-order chi connectivity index (χ0) is 8.39. The molecular weight excluding hydrogens is 148 g/mol. The topological polar surface area (TPSA) is 17.1 Å². The first-order valence-electron chi connectivity index (χ1n) is 5.38. The molecule has 0 aromatic carbocycles. The molecule has 0 radical (unpaired) electrons. The Balaban J connectivity index is 1.84. The third-order valence-electron chi connectivity index (χ3n) is 3.65. The van der Waals surface area contributed by atoms with Gasteiger partial charge in [-0.25, -0.2) is 0 Å². The van der Waals surface area contributed by atoms with Crippen molar-refractivity contribution in [3.63, 3.8) is 0 Å². The summed E-state index contributed by atoms with van der Waals surface area (Å²) in [6, 6.07) is 0. The first kappa shape index (κ1) is 8.28. The van der Waals surface area contributed by atoms with Gasteiger partial charge in [0.15, 0.2) is 0 Å². The van der Waals surface area contributed by atoms with Crippen LogP contribution in [0.1, 0.15) is 51.4 Å². The molecule has 0 bridgehead atoms. The minimum atomic E-state index is 0.504. The lowest BCUT2D eigenvalue weighted by molar-refractivity contribution is -0.121. The zero-order valence-electron chi connectivity index (χ0n) is 7.72. The summed E-state index contributed by atoms with van der Waals surface area (Å²) in [6.45, 7) is 0. The highest BCUT2D eigenvalue weighted by Crippen LogP contribution is 2.38. The Morgan fingerprint density at radius 2 is 1.33 bits per heavy atom.